The minimum atomic E-state index is -6.14. The molecule has 0 bridgehead atoms. The maximum absolute atomic E-state index is 14.1. The van der Waals surface area contributed by atoms with Crippen LogP contribution in [0.15, 0.2) is 30.6 Å². The second-order valence-corrected chi connectivity index (χ2v) is 9.04. The van der Waals surface area contributed by atoms with Crippen molar-refractivity contribution in [2.75, 3.05) is 6.54 Å². The van der Waals surface area contributed by atoms with Gasteiger partial charge >= 0.3 is 18.7 Å². The highest BCUT2D eigenvalue weighted by Gasteiger charge is 2.62. The first-order chi connectivity index (χ1) is 18.2. The molecule has 2 aromatic heterocycles. The van der Waals surface area contributed by atoms with Gasteiger partial charge in [-0.15, -0.1) is 0 Å². The van der Waals surface area contributed by atoms with Crippen molar-refractivity contribution in [3.63, 3.8) is 0 Å². The third-order valence-corrected chi connectivity index (χ3v) is 6.50. The van der Waals surface area contributed by atoms with Gasteiger partial charge in [0.1, 0.15) is 5.54 Å². The number of alkyl halides is 7. The van der Waals surface area contributed by atoms with Crippen LogP contribution in [0.2, 0.25) is 5.02 Å². The summed E-state index contributed by atoms with van der Waals surface area (Å²) in [5.74, 6) is -8.36. The number of benzene rings is 1. The maximum atomic E-state index is 14.1. The number of halogens is 8. The zero-order valence-corrected chi connectivity index (χ0v) is 20.9. The molecule has 0 N–H and O–H groups in total. The lowest BCUT2D eigenvalue weighted by Crippen LogP contribution is -2.41. The first kappa shape index (κ1) is 28.2. The van der Waals surface area contributed by atoms with E-state index in [1.54, 1.807) is 6.92 Å². The van der Waals surface area contributed by atoms with Gasteiger partial charge in [0.15, 0.2) is 17.3 Å². The molecule has 0 spiro atoms. The highest BCUT2D eigenvalue weighted by molar-refractivity contribution is 6.34. The van der Waals surface area contributed by atoms with Crippen molar-refractivity contribution in [1.29, 1.82) is 5.26 Å². The van der Waals surface area contributed by atoms with Gasteiger partial charge in [0, 0.05) is 25.4 Å². The number of amides is 1. The number of nitrogens with zero attached hydrogens (tertiary/aromatic N) is 6. The zero-order valence-electron chi connectivity index (χ0n) is 20.1. The topological polar surface area (TPSA) is 89.0 Å². The minimum absolute atomic E-state index is 0.0552. The van der Waals surface area contributed by atoms with E-state index in [0.717, 1.165) is 24.1 Å². The Morgan fingerprint density at radius 3 is 2.46 bits per heavy atom. The smallest absolute Gasteiger partial charge is 0.428 e. The van der Waals surface area contributed by atoms with Gasteiger partial charge in [0.25, 0.3) is 5.91 Å². The lowest BCUT2D eigenvalue weighted by Gasteiger charge is -2.26. The van der Waals surface area contributed by atoms with Crippen molar-refractivity contribution in [1.82, 2.24) is 24.5 Å². The number of carbonyl (C=O) groups is 1. The van der Waals surface area contributed by atoms with Crippen LogP contribution in [0.1, 0.15) is 35.8 Å². The van der Waals surface area contributed by atoms with Gasteiger partial charge in [-0.3, -0.25) is 4.79 Å². The Labute approximate surface area is 221 Å². The van der Waals surface area contributed by atoms with E-state index in [0.29, 0.717) is 23.1 Å². The molecule has 39 heavy (non-hydrogen) atoms. The summed E-state index contributed by atoms with van der Waals surface area (Å²) in [6.45, 7) is -1.80. The maximum Gasteiger partial charge on any atom is 0.459 e. The molecule has 16 heteroatoms. The summed E-state index contributed by atoms with van der Waals surface area (Å²) in [6, 6.07) is 6.42. The summed E-state index contributed by atoms with van der Waals surface area (Å²) < 4.78 is 98.6. The predicted octanol–water partition coefficient (Wildman–Crippen LogP) is 5.70. The molecule has 1 aliphatic carbocycles. The van der Waals surface area contributed by atoms with Crippen molar-refractivity contribution in [2.45, 2.75) is 44.0 Å². The SMILES string of the molecule is CCN(C(=O)c1cc(-c2cnn(-c3c(OC(F)F)c(C(F)(F)C(F)(F)F)nn3C)c2)ccc1Cl)C1(C#N)CC1. The third kappa shape index (κ3) is 4.88. The highest BCUT2D eigenvalue weighted by atomic mass is 35.5. The van der Waals surface area contributed by atoms with Crippen LogP contribution in [-0.2, 0) is 13.0 Å². The number of hydrogen-bond acceptors (Lipinski definition) is 5. The number of rotatable bonds is 8. The van der Waals surface area contributed by atoms with Crippen LogP contribution < -0.4 is 4.74 Å². The van der Waals surface area contributed by atoms with Crippen molar-refractivity contribution in [3.8, 4) is 28.8 Å². The van der Waals surface area contributed by atoms with E-state index in [1.807, 2.05) is 0 Å². The van der Waals surface area contributed by atoms with Crippen molar-refractivity contribution >= 4 is 17.5 Å². The van der Waals surface area contributed by atoms with E-state index in [1.165, 1.54) is 23.1 Å². The monoisotopic (exact) mass is 578 g/mol. The number of aromatic nitrogens is 4. The fraction of sp³-hybridized carbons (Fsp3) is 0.391. The fourth-order valence-corrected chi connectivity index (χ4v) is 4.29. The second kappa shape index (κ2) is 9.74. The summed E-state index contributed by atoms with van der Waals surface area (Å²) in [7, 11) is 0.951. The molecule has 0 aliphatic heterocycles. The summed E-state index contributed by atoms with van der Waals surface area (Å²) in [4.78, 5) is 14.6. The average Bonchev–Trinajstić information content (AvgIpc) is 3.36. The van der Waals surface area contributed by atoms with Crippen molar-refractivity contribution < 1.29 is 40.3 Å². The number of ether oxygens (including phenoxy) is 1. The molecule has 3 aromatic rings. The van der Waals surface area contributed by atoms with Gasteiger partial charge in [-0.1, -0.05) is 17.7 Å². The molecule has 8 nitrogen and oxygen atoms in total. The number of nitriles is 1. The van der Waals surface area contributed by atoms with Gasteiger partial charge in [-0.2, -0.15) is 46.2 Å². The van der Waals surface area contributed by atoms with E-state index in [-0.39, 0.29) is 22.7 Å². The first-order valence-corrected chi connectivity index (χ1v) is 11.6. The summed E-state index contributed by atoms with van der Waals surface area (Å²) in [6.07, 6.45) is -2.82. The molecule has 208 valence electrons. The Kier molecular flexibility index (Phi) is 7.05. The van der Waals surface area contributed by atoms with Gasteiger partial charge in [0.2, 0.25) is 0 Å². The number of hydrogen-bond donors (Lipinski definition) is 0. The van der Waals surface area contributed by atoms with Crippen LogP contribution in [-0.4, -0.2) is 55.2 Å². The van der Waals surface area contributed by atoms with Gasteiger partial charge in [0.05, 0.1) is 22.9 Å². The van der Waals surface area contributed by atoms with E-state index in [4.69, 9.17) is 11.6 Å². The lowest BCUT2D eigenvalue weighted by molar-refractivity contribution is -0.291. The third-order valence-electron chi connectivity index (χ3n) is 6.17. The first-order valence-electron chi connectivity index (χ1n) is 11.2. The van der Waals surface area contributed by atoms with E-state index < -0.39 is 47.4 Å². The Hall–Kier alpha value is -3.80. The lowest BCUT2D eigenvalue weighted by atomic mass is 10.0. The molecular formula is C23H18ClF7N6O2. The van der Waals surface area contributed by atoms with E-state index in [2.05, 4.69) is 21.0 Å². The van der Waals surface area contributed by atoms with Crippen molar-refractivity contribution in [2.24, 2.45) is 7.05 Å². The van der Waals surface area contributed by atoms with Gasteiger partial charge in [-0.25, -0.2) is 9.36 Å². The van der Waals surface area contributed by atoms with Crippen LogP contribution in [0, 0.1) is 11.3 Å². The highest BCUT2D eigenvalue weighted by Crippen LogP contribution is 2.48. The zero-order chi connectivity index (χ0) is 28.9. The summed E-state index contributed by atoms with van der Waals surface area (Å²) >= 11 is 6.25. The van der Waals surface area contributed by atoms with E-state index >= 15 is 0 Å². The summed E-state index contributed by atoms with van der Waals surface area (Å²) in [5.41, 5.74) is -2.38. The molecule has 0 unspecified atom stereocenters. The van der Waals surface area contributed by atoms with Gasteiger partial charge < -0.3 is 9.64 Å². The molecule has 4 rings (SSSR count). The Morgan fingerprint density at radius 2 is 1.92 bits per heavy atom. The number of aryl methyl sites for hydroxylation is 1. The Bertz CT molecular complexity index is 1460. The standard InChI is InChI=1S/C23H18ClF7N6O2/c1-3-36(21(11-32)6-7-21)19(38)14-8-12(4-5-15(14)24)13-9-33-37(10-13)18-16(39-20(25)26)17(34-35(18)2)22(27,28)23(29,30)31/h4-5,8-10,20H,3,6-7H2,1-2H3. The molecule has 0 saturated heterocycles. The predicted molar refractivity (Wildman–Crippen MR) is 122 cm³/mol. The Morgan fingerprint density at radius 1 is 1.26 bits per heavy atom. The molecule has 1 fully saturated rings. The minimum Gasteiger partial charge on any atom is -0.428 e. The molecular weight excluding hydrogens is 561 g/mol. The largest absolute Gasteiger partial charge is 0.459 e. The van der Waals surface area contributed by atoms with Crippen LogP contribution in [0.4, 0.5) is 30.7 Å². The van der Waals surface area contributed by atoms with Crippen LogP contribution in [0.3, 0.4) is 0 Å². The molecule has 0 radical (unpaired) electrons. The molecule has 0 atom stereocenters. The Balaban J connectivity index is 1.76. The van der Waals surface area contributed by atoms with E-state index in [9.17, 15) is 40.8 Å². The molecule has 1 amide bonds. The molecule has 1 saturated carbocycles. The van der Waals surface area contributed by atoms with Crippen molar-refractivity contribution in [3.05, 3.63) is 46.9 Å². The second-order valence-electron chi connectivity index (χ2n) is 8.64. The molecule has 1 aliphatic rings. The van der Waals surface area contributed by atoms with Crippen LogP contribution in [0.5, 0.6) is 5.75 Å². The quantitative estimate of drug-likeness (QED) is 0.320. The van der Waals surface area contributed by atoms with Gasteiger partial charge in [-0.05, 0) is 37.5 Å². The average molecular weight is 579 g/mol. The summed E-state index contributed by atoms with van der Waals surface area (Å²) in [5, 5.41) is 16.6. The molecule has 2 heterocycles. The normalized spacial score (nSPS) is 14.8. The van der Waals surface area contributed by atoms with Crippen LogP contribution >= 0.6 is 11.6 Å². The van der Waals surface area contributed by atoms with Crippen LogP contribution in [0.25, 0.3) is 16.9 Å². The fourth-order valence-electron chi connectivity index (χ4n) is 4.09. The molecule has 1 aromatic carbocycles. The number of carbonyl (C=O) groups excluding carboxylic acids is 1.